The van der Waals surface area contributed by atoms with E-state index < -0.39 is 5.97 Å². The average Bonchev–Trinajstić information content (AvgIpc) is 2.75. The number of amides is 1. The predicted octanol–water partition coefficient (Wildman–Crippen LogP) is 5.97. The Morgan fingerprint density at radius 2 is 1.53 bits per heavy atom. The van der Waals surface area contributed by atoms with Crippen molar-refractivity contribution in [3.05, 3.63) is 88.5 Å². The SMILES string of the molecule is Cc1ccc(C)c(NC(=O)c2ccc(OC(=O)COc3ccc(C(C)C)c(C)c3)cc2)c1. The van der Waals surface area contributed by atoms with Gasteiger partial charge in [-0.2, -0.15) is 0 Å². The van der Waals surface area contributed by atoms with Gasteiger partial charge in [0.15, 0.2) is 6.61 Å². The number of rotatable bonds is 7. The molecule has 0 radical (unpaired) electrons. The van der Waals surface area contributed by atoms with Crippen molar-refractivity contribution >= 4 is 17.6 Å². The van der Waals surface area contributed by atoms with Crippen LogP contribution in [0.2, 0.25) is 0 Å². The van der Waals surface area contributed by atoms with Crippen LogP contribution in [0.25, 0.3) is 0 Å². The third kappa shape index (κ3) is 5.97. The summed E-state index contributed by atoms with van der Waals surface area (Å²) in [5.74, 6) is 0.679. The number of carbonyl (C=O) groups excluding carboxylic acids is 2. The molecule has 0 aliphatic carbocycles. The van der Waals surface area contributed by atoms with Crippen molar-refractivity contribution in [1.29, 1.82) is 0 Å². The normalized spacial score (nSPS) is 10.7. The summed E-state index contributed by atoms with van der Waals surface area (Å²) in [7, 11) is 0. The van der Waals surface area contributed by atoms with Crippen molar-refractivity contribution in [2.75, 3.05) is 11.9 Å². The first-order valence-electron chi connectivity index (χ1n) is 10.7. The Morgan fingerprint density at radius 1 is 0.844 bits per heavy atom. The maximum Gasteiger partial charge on any atom is 0.349 e. The monoisotopic (exact) mass is 431 g/mol. The van der Waals surface area contributed by atoms with Crippen molar-refractivity contribution in [3.63, 3.8) is 0 Å². The van der Waals surface area contributed by atoms with Crippen LogP contribution in [0, 0.1) is 20.8 Å². The van der Waals surface area contributed by atoms with Crippen LogP contribution in [-0.2, 0) is 4.79 Å². The second kappa shape index (κ2) is 10.1. The van der Waals surface area contributed by atoms with Crippen LogP contribution in [0.4, 0.5) is 5.69 Å². The van der Waals surface area contributed by atoms with Crippen LogP contribution in [-0.4, -0.2) is 18.5 Å². The molecule has 3 rings (SSSR count). The van der Waals surface area contributed by atoms with E-state index in [-0.39, 0.29) is 12.5 Å². The Labute approximate surface area is 189 Å². The highest BCUT2D eigenvalue weighted by Gasteiger charge is 2.11. The molecule has 5 heteroatoms. The molecule has 1 amide bonds. The van der Waals surface area contributed by atoms with E-state index in [0.717, 1.165) is 22.4 Å². The van der Waals surface area contributed by atoms with Gasteiger partial charge in [0, 0.05) is 11.3 Å². The molecule has 5 nitrogen and oxygen atoms in total. The molecule has 3 aromatic carbocycles. The Bertz CT molecular complexity index is 1120. The van der Waals surface area contributed by atoms with E-state index in [1.807, 2.05) is 57.2 Å². The largest absolute Gasteiger partial charge is 0.482 e. The first kappa shape index (κ1) is 23.1. The molecule has 0 fully saturated rings. The van der Waals surface area contributed by atoms with Gasteiger partial charge in [-0.1, -0.05) is 32.0 Å². The van der Waals surface area contributed by atoms with Crippen molar-refractivity contribution in [2.45, 2.75) is 40.5 Å². The third-order valence-electron chi connectivity index (χ3n) is 5.21. The maximum atomic E-state index is 12.5. The number of nitrogens with one attached hydrogen (secondary N) is 1. The molecular formula is C27H29NO4. The smallest absolute Gasteiger partial charge is 0.349 e. The second-order valence-electron chi connectivity index (χ2n) is 8.23. The summed E-state index contributed by atoms with van der Waals surface area (Å²) in [5, 5.41) is 2.91. The molecular weight excluding hydrogens is 402 g/mol. The number of esters is 1. The Kier molecular flexibility index (Phi) is 7.31. The molecule has 0 aromatic heterocycles. The number of benzene rings is 3. The quantitative estimate of drug-likeness (QED) is 0.370. The maximum absolute atomic E-state index is 12.5. The van der Waals surface area contributed by atoms with Gasteiger partial charge in [0.2, 0.25) is 0 Å². The summed E-state index contributed by atoms with van der Waals surface area (Å²) >= 11 is 0. The predicted molar refractivity (Wildman–Crippen MR) is 127 cm³/mol. The van der Waals surface area contributed by atoms with E-state index in [9.17, 15) is 9.59 Å². The zero-order chi connectivity index (χ0) is 23.3. The van der Waals surface area contributed by atoms with Gasteiger partial charge in [0.25, 0.3) is 5.91 Å². The van der Waals surface area contributed by atoms with Gasteiger partial charge < -0.3 is 14.8 Å². The number of ether oxygens (including phenoxy) is 2. The van der Waals surface area contributed by atoms with Gasteiger partial charge in [-0.3, -0.25) is 4.79 Å². The molecule has 0 atom stereocenters. The lowest BCUT2D eigenvalue weighted by atomic mass is 9.98. The van der Waals surface area contributed by atoms with Crippen molar-refractivity contribution in [1.82, 2.24) is 0 Å². The molecule has 0 aliphatic rings. The summed E-state index contributed by atoms with van der Waals surface area (Å²) in [5.41, 5.74) is 5.69. The molecule has 0 unspecified atom stereocenters. The average molecular weight is 432 g/mol. The molecule has 32 heavy (non-hydrogen) atoms. The molecule has 0 spiro atoms. The first-order valence-corrected chi connectivity index (χ1v) is 10.7. The molecule has 0 aliphatic heterocycles. The van der Waals surface area contributed by atoms with Crippen LogP contribution in [0.3, 0.4) is 0 Å². The van der Waals surface area contributed by atoms with E-state index in [1.165, 1.54) is 5.56 Å². The van der Waals surface area contributed by atoms with Crippen LogP contribution in [0.1, 0.15) is 52.4 Å². The number of carbonyl (C=O) groups is 2. The molecule has 166 valence electrons. The first-order chi connectivity index (χ1) is 15.2. The summed E-state index contributed by atoms with van der Waals surface area (Å²) in [6, 6.07) is 18.1. The van der Waals surface area contributed by atoms with Gasteiger partial charge in [-0.05, 0) is 91.4 Å². The van der Waals surface area contributed by atoms with Gasteiger partial charge >= 0.3 is 5.97 Å². The minimum Gasteiger partial charge on any atom is -0.482 e. The topological polar surface area (TPSA) is 64.6 Å². The van der Waals surface area contributed by atoms with E-state index in [0.29, 0.717) is 23.0 Å². The highest BCUT2D eigenvalue weighted by atomic mass is 16.6. The fourth-order valence-electron chi connectivity index (χ4n) is 3.43. The third-order valence-corrected chi connectivity index (χ3v) is 5.21. The minimum absolute atomic E-state index is 0.199. The highest BCUT2D eigenvalue weighted by molar-refractivity contribution is 6.04. The van der Waals surface area contributed by atoms with Gasteiger partial charge in [0.05, 0.1) is 0 Å². The fourth-order valence-corrected chi connectivity index (χ4v) is 3.43. The molecule has 0 saturated heterocycles. The van der Waals surface area contributed by atoms with E-state index in [1.54, 1.807) is 24.3 Å². The zero-order valence-electron chi connectivity index (χ0n) is 19.2. The Morgan fingerprint density at radius 3 is 2.19 bits per heavy atom. The number of anilines is 1. The standard InChI is InChI=1S/C27H29NO4/c1-17(2)24-13-12-23(15-20(24)5)31-16-26(29)32-22-10-8-21(9-11-22)27(30)28-25-14-18(3)6-7-19(25)4/h6-15,17H,16H2,1-5H3,(H,28,30). The van der Waals surface area contributed by atoms with Crippen LogP contribution >= 0.6 is 0 Å². The van der Waals surface area contributed by atoms with Gasteiger partial charge in [-0.15, -0.1) is 0 Å². The lowest BCUT2D eigenvalue weighted by molar-refractivity contribution is -0.136. The fraction of sp³-hybridized carbons (Fsp3) is 0.259. The lowest BCUT2D eigenvalue weighted by Gasteiger charge is -2.12. The van der Waals surface area contributed by atoms with Crippen molar-refractivity contribution in [3.8, 4) is 11.5 Å². The van der Waals surface area contributed by atoms with Crippen molar-refractivity contribution in [2.24, 2.45) is 0 Å². The van der Waals surface area contributed by atoms with Crippen LogP contribution in [0.15, 0.2) is 60.7 Å². The molecule has 3 aromatic rings. The van der Waals surface area contributed by atoms with Gasteiger partial charge in [-0.25, -0.2) is 4.79 Å². The molecule has 0 saturated carbocycles. The van der Waals surface area contributed by atoms with E-state index in [4.69, 9.17) is 9.47 Å². The minimum atomic E-state index is -0.511. The summed E-state index contributed by atoms with van der Waals surface area (Å²) in [6.07, 6.45) is 0. The summed E-state index contributed by atoms with van der Waals surface area (Å²) in [6.45, 7) is 10.0. The Hall–Kier alpha value is -3.60. The number of hydrogen-bond acceptors (Lipinski definition) is 4. The second-order valence-corrected chi connectivity index (χ2v) is 8.23. The van der Waals surface area contributed by atoms with E-state index in [2.05, 4.69) is 19.2 Å². The molecule has 0 heterocycles. The van der Waals surface area contributed by atoms with Crippen LogP contribution < -0.4 is 14.8 Å². The van der Waals surface area contributed by atoms with E-state index >= 15 is 0 Å². The Balaban J connectivity index is 1.54. The van der Waals surface area contributed by atoms with Gasteiger partial charge in [0.1, 0.15) is 11.5 Å². The highest BCUT2D eigenvalue weighted by Crippen LogP contribution is 2.24. The van der Waals surface area contributed by atoms with Crippen molar-refractivity contribution < 1.29 is 19.1 Å². The summed E-state index contributed by atoms with van der Waals surface area (Å²) < 4.78 is 10.9. The molecule has 0 bridgehead atoms. The molecule has 1 N–H and O–H groups in total. The number of hydrogen-bond donors (Lipinski definition) is 1. The summed E-state index contributed by atoms with van der Waals surface area (Å²) in [4.78, 5) is 24.7. The number of aryl methyl sites for hydroxylation is 3. The van der Waals surface area contributed by atoms with Crippen LogP contribution in [0.5, 0.6) is 11.5 Å². The lowest BCUT2D eigenvalue weighted by Crippen LogP contribution is -2.18. The zero-order valence-corrected chi connectivity index (χ0v) is 19.2.